The summed E-state index contributed by atoms with van der Waals surface area (Å²) in [5, 5.41) is 0. The maximum atomic E-state index is 5.51. The molecule has 0 aliphatic heterocycles. The van der Waals surface area contributed by atoms with Crippen molar-refractivity contribution in [3.8, 4) is 0 Å². The molecule has 0 radical (unpaired) electrons. The summed E-state index contributed by atoms with van der Waals surface area (Å²) in [5.41, 5.74) is 2.89. The van der Waals surface area contributed by atoms with Crippen molar-refractivity contribution in [3.63, 3.8) is 0 Å². The average molecular weight is 185 g/mol. The van der Waals surface area contributed by atoms with E-state index < -0.39 is 0 Å². The van der Waals surface area contributed by atoms with Gasteiger partial charge in [-0.1, -0.05) is 24.8 Å². The third kappa shape index (κ3) is 1.59. The predicted octanol–water partition coefficient (Wildman–Crippen LogP) is 3.34. The summed E-state index contributed by atoms with van der Waals surface area (Å²) in [5.74, 6) is 0.616. The minimum atomic E-state index is 0.616. The van der Waals surface area contributed by atoms with Gasteiger partial charge in [0.1, 0.15) is 5.52 Å². The summed E-state index contributed by atoms with van der Waals surface area (Å²) in [6, 6.07) is 5.96. The van der Waals surface area contributed by atoms with Gasteiger partial charge in [-0.3, -0.25) is 0 Å². The highest BCUT2D eigenvalue weighted by molar-refractivity contribution is 5.74. The summed E-state index contributed by atoms with van der Waals surface area (Å²) in [4.78, 5) is 4.29. The summed E-state index contributed by atoms with van der Waals surface area (Å²) in [6.07, 6.45) is 5.29. The van der Waals surface area contributed by atoms with E-state index in [-0.39, 0.29) is 0 Å². The van der Waals surface area contributed by atoms with E-state index in [2.05, 4.69) is 11.6 Å². The van der Waals surface area contributed by atoms with Crippen LogP contribution in [0.15, 0.2) is 41.3 Å². The van der Waals surface area contributed by atoms with Crippen LogP contribution in [0.2, 0.25) is 0 Å². The number of fused-ring (bicyclic) bond motifs is 1. The highest BCUT2D eigenvalue weighted by atomic mass is 16.3. The summed E-state index contributed by atoms with van der Waals surface area (Å²) < 4.78 is 5.51. The fourth-order valence-corrected chi connectivity index (χ4v) is 1.27. The number of aromatic nitrogens is 1. The Kier molecular flexibility index (Phi) is 2.19. The van der Waals surface area contributed by atoms with Crippen molar-refractivity contribution in [2.75, 3.05) is 0 Å². The van der Waals surface area contributed by atoms with Gasteiger partial charge < -0.3 is 4.42 Å². The molecule has 0 unspecified atom stereocenters. The van der Waals surface area contributed by atoms with Crippen molar-refractivity contribution in [2.24, 2.45) is 0 Å². The second-order valence-electron chi connectivity index (χ2n) is 3.12. The summed E-state index contributed by atoms with van der Waals surface area (Å²) in [7, 11) is 0. The zero-order valence-corrected chi connectivity index (χ0v) is 8.03. The Balaban J connectivity index is 2.51. The maximum absolute atomic E-state index is 5.51. The minimum absolute atomic E-state index is 0.616. The predicted molar refractivity (Wildman–Crippen MR) is 58.0 cm³/mol. The molecule has 1 aromatic heterocycles. The van der Waals surface area contributed by atoms with Crippen molar-refractivity contribution < 1.29 is 4.42 Å². The highest BCUT2D eigenvalue weighted by Crippen LogP contribution is 2.17. The molecule has 0 amide bonds. The van der Waals surface area contributed by atoms with Crippen molar-refractivity contribution in [2.45, 2.75) is 6.92 Å². The number of aryl methyl sites for hydroxylation is 1. The van der Waals surface area contributed by atoms with Crippen molar-refractivity contribution in [1.82, 2.24) is 4.98 Å². The van der Waals surface area contributed by atoms with E-state index in [9.17, 15) is 0 Å². The van der Waals surface area contributed by atoms with Crippen LogP contribution in [0, 0.1) is 6.92 Å². The molecule has 0 aliphatic carbocycles. The van der Waals surface area contributed by atoms with Crippen LogP contribution in [0.3, 0.4) is 0 Å². The van der Waals surface area contributed by atoms with Crippen molar-refractivity contribution in [1.29, 1.82) is 0 Å². The third-order valence-electron chi connectivity index (χ3n) is 1.94. The van der Waals surface area contributed by atoms with Gasteiger partial charge in [-0.15, -0.1) is 0 Å². The Bertz CT molecular complexity index is 494. The lowest BCUT2D eigenvalue weighted by Crippen LogP contribution is -1.70. The molecular weight excluding hydrogens is 174 g/mol. The molecule has 2 nitrogen and oxygen atoms in total. The summed E-state index contributed by atoms with van der Waals surface area (Å²) in [6.45, 7) is 5.62. The van der Waals surface area contributed by atoms with Gasteiger partial charge in [-0.2, -0.15) is 0 Å². The van der Waals surface area contributed by atoms with Gasteiger partial charge in [0, 0.05) is 6.08 Å². The fraction of sp³-hybridized carbons (Fsp3) is 0.0833. The van der Waals surface area contributed by atoms with E-state index in [0.717, 1.165) is 11.1 Å². The highest BCUT2D eigenvalue weighted by Gasteiger charge is 2.01. The molecule has 0 saturated carbocycles. The number of oxazole rings is 1. The first-order chi connectivity index (χ1) is 6.79. The largest absolute Gasteiger partial charge is 0.437 e. The van der Waals surface area contributed by atoms with Gasteiger partial charge in [0.25, 0.3) is 0 Å². The summed E-state index contributed by atoms with van der Waals surface area (Å²) >= 11 is 0. The van der Waals surface area contributed by atoms with Crippen LogP contribution in [-0.2, 0) is 0 Å². The molecule has 70 valence electrons. The Hall–Kier alpha value is -1.83. The van der Waals surface area contributed by atoms with E-state index in [0.29, 0.717) is 5.89 Å². The van der Waals surface area contributed by atoms with Gasteiger partial charge in [0.05, 0.1) is 0 Å². The lowest BCUT2D eigenvalue weighted by atomic mass is 10.2. The average Bonchev–Trinajstić information content (AvgIpc) is 2.56. The fourth-order valence-electron chi connectivity index (χ4n) is 1.27. The second-order valence-corrected chi connectivity index (χ2v) is 3.12. The molecular formula is C12H11NO. The Morgan fingerprint density at radius 2 is 2.29 bits per heavy atom. The molecule has 2 rings (SSSR count). The molecule has 0 atom stereocenters. The van der Waals surface area contributed by atoms with Crippen LogP contribution >= 0.6 is 0 Å². The van der Waals surface area contributed by atoms with Gasteiger partial charge in [-0.05, 0) is 24.6 Å². The van der Waals surface area contributed by atoms with Crippen LogP contribution in [0.5, 0.6) is 0 Å². The molecule has 0 bridgehead atoms. The number of allylic oxidation sites excluding steroid dienone is 2. The number of hydrogen-bond acceptors (Lipinski definition) is 2. The van der Waals surface area contributed by atoms with Gasteiger partial charge in [-0.25, -0.2) is 4.98 Å². The lowest BCUT2D eigenvalue weighted by Gasteiger charge is -1.87. The van der Waals surface area contributed by atoms with E-state index in [1.54, 1.807) is 18.2 Å². The van der Waals surface area contributed by atoms with Crippen LogP contribution < -0.4 is 0 Å². The smallest absolute Gasteiger partial charge is 0.219 e. The molecule has 1 heterocycles. The van der Waals surface area contributed by atoms with Crippen LogP contribution in [-0.4, -0.2) is 4.98 Å². The molecule has 0 saturated heterocycles. The Labute approximate surface area is 82.6 Å². The number of rotatable bonds is 2. The van der Waals surface area contributed by atoms with Gasteiger partial charge >= 0.3 is 0 Å². The molecule has 14 heavy (non-hydrogen) atoms. The molecule has 0 fully saturated rings. The molecule has 1 aromatic carbocycles. The van der Waals surface area contributed by atoms with E-state index in [1.807, 2.05) is 25.1 Å². The van der Waals surface area contributed by atoms with E-state index in [4.69, 9.17) is 4.42 Å². The van der Waals surface area contributed by atoms with Crippen LogP contribution in [0.25, 0.3) is 17.2 Å². The topological polar surface area (TPSA) is 26.0 Å². The van der Waals surface area contributed by atoms with Crippen LogP contribution in [0.4, 0.5) is 0 Å². The Morgan fingerprint density at radius 1 is 1.43 bits per heavy atom. The van der Waals surface area contributed by atoms with Gasteiger partial charge in [0.15, 0.2) is 5.58 Å². The van der Waals surface area contributed by atoms with E-state index in [1.165, 1.54) is 5.56 Å². The first-order valence-electron chi connectivity index (χ1n) is 4.46. The van der Waals surface area contributed by atoms with Gasteiger partial charge in [0.2, 0.25) is 5.89 Å². The number of nitrogens with zero attached hydrogens (tertiary/aromatic N) is 1. The second kappa shape index (κ2) is 3.50. The van der Waals surface area contributed by atoms with Crippen molar-refractivity contribution >= 4 is 17.2 Å². The first kappa shape index (κ1) is 8.75. The van der Waals surface area contributed by atoms with Crippen molar-refractivity contribution in [3.05, 3.63) is 48.4 Å². The SMILES string of the molecule is C=C/C=C/c1nc2ccc(C)cc2o1. The zero-order valence-electron chi connectivity index (χ0n) is 8.03. The quantitative estimate of drug-likeness (QED) is 0.670. The third-order valence-corrected chi connectivity index (χ3v) is 1.94. The van der Waals surface area contributed by atoms with Crippen LogP contribution in [0.1, 0.15) is 11.5 Å². The molecule has 0 N–H and O–H groups in total. The first-order valence-corrected chi connectivity index (χ1v) is 4.46. The normalized spacial score (nSPS) is 11.2. The molecule has 2 heteroatoms. The zero-order chi connectivity index (χ0) is 9.97. The molecule has 0 spiro atoms. The minimum Gasteiger partial charge on any atom is -0.437 e. The monoisotopic (exact) mass is 185 g/mol. The maximum Gasteiger partial charge on any atom is 0.219 e. The number of benzene rings is 1. The lowest BCUT2D eigenvalue weighted by molar-refractivity contribution is 0.589. The molecule has 2 aromatic rings. The number of hydrogen-bond donors (Lipinski definition) is 0. The standard InChI is InChI=1S/C12H11NO/c1-3-4-5-12-13-10-7-6-9(2)8-11(10)14-12/h3-8H,1H2,2H3/b5-4+. The van der Waals surface area contributed by atoms with E-state index >= 15 is 0 Å². The Morgan fingerprint density at radius 3 is 3.07 bits per heavy atom. The molecule has 0 aliphatic rings.